The van der Waals surface area contributed by atoms with Crippen molar-refractivity contribution in [2.75, 3.05) is 5.75 Å². The first-order valence-corrected chi connectivity index (χ1v) is 9.76. The van der Waals surface area contributed by atoms with Crippen LogP contribution in [0.1, 0.15) is 45.6 Å². The van der Waals surface area contributed by atoms with Crippen molar-refractivity contribution in [1.29, 1.82) is 0 Å². The topological polar surface area (TPSA) is 76.0 Å². The summed E-state index contributed by atoms with van der Waals surface area (Å²) in [6.07, 6.45) is 4.37. The molecule has 3 amide bonds. The molecule has 2 N–H and O–H groups in total. The fourth-order valence-electron chi connectivity index (χ4n) is 2.27. The van der Waals surface area contributed by atoms with Crippen molar-refractivity contribution in [2.24, 2.45) is 0 Å². The summed E-state index contributed by atoms with van der Waals surface area (Å²) in [6.45, 7) is 8.17. The van der Waals surface area contributed by atoms with Crippen molar-refractivity contribution in [3.63, 3.8) is 0 Å². The number of carbonyl (C=O) groups is 2. The van der Waals surface area contributed by atoms with Gasteiger partial charge in [-0.1, -0.05) is 44.7 Å². The molecule has 2 rings (SSSR count). The summed E-state index contributed by atoms with van der Waals surface area (Å²) < 4.78 is 1.93. The molecule has 0 radical (unpaired) electrons. The first kappa shape index (κ1) is 20.0. The molecule has 0 bridgehead atoms. The van der Waals surface area contributed by atoms with Gasteiger partial charge in [0.25, 0.3) is 0 Å². The second-order valence-electron chi connectivity index (χ2n) is 6.45. The van der Waals surface area contributed by atoms with Gasteiger partial charge in [0.15, 0.2) is 5.16 Å². The van der Waals surface area contributed by atoms with E-state index in [1.807, 2.05) is 36.7 Å². The number of imide groups is 1. The number of aromatic nitrogens is 2. The van der Waals surface area contributed by atoms with Gasteiger partial charge in [-0.05, 0) is 37.0 Å². The van der Waals surface area contributed by atoms with E-state index in [2.05, 4.69) is 41.6 Å². The number of imidazole rings is 1. The quantitative estimate of drug-likeness (QED) is 0.725. The smallest absolute Gasteiger partial charge is 0.321 e. The fraction of sp³-hybridized carbons (Fsp3) is 0.421. The van der Waals surface area contributed by atoms with Crippen LogP contribution < -0.4 is 10.6 Å². The Morgan fingerprint density at radius 1 is 1.19 bits per heavy atom. The van der Waals surface area contributed by atoms with Crippen molar-refractivity contribution < 1.29 is 9.59 Å². The van der Waals surface area contributed by atoms with Gasteiger partial charge in [0, 0.05) is 24.1 Å². The number of carbonyl (C=O) groups excluding carboxylic acids is 2. The van der Waals surface area contributed by atoms with Gasteiger partial charge in [-0.2, -0.15) is 0 Å². The predicted octanol–water partition coefficient (Wildman–Crippen LogP) is 3.71. The summed E-state index contributed by atoms with van der Waals surface area (Å²) >= 11 is 1.29. The van der Waals surface area contributed by atoms with E-state index in [4.69, 9.17) is 0 Å². The number of nitrogens with zero attached hydrogens (tertiary/aromatic N) is 2. The lowest BCUT2D eigenvalue weighted by molar-refractivity contribution is -0.117. The molecule has 0 spiro atoms. The molecule has 2 aromatic rings. The van der Waals surface area contributed by atoms with Gasteiger partial charge in [0.2, 0.25) is 5.91 Å². The molecular weight excluding hydrogens is 348 g/mol. The van der Waals surface area contributed by atoms with Crippen LogP contribution in [0.4, 0.5) is 4.79 Å². The van der Waals surface area contributed by atoms with Crippen LogP contribution in [-0.2, 0) is 4.79 Å². The number of amides is 3. The fourth-order valence-corrected chi connectivity index (χ4v) is 3.04. The summed E-state index contributed by atoms with van der Waals surface area (Å²) in [5.74, 6) is 0.251. The minimum atomic E-state index is -0.461. The van der Waals surface area contributed by atoms with Gasteiger partial charge >= 0.3 is 6.03 Å². The molecule has 6 nitrogen and oxygen atoms in total. The SMILES string of the molecule is CC[C@H](C)NC(=O)NC(=O)CSc1nccn1-c1ccc(C(C)C)cc1. The van der Waals surface area contributed by atoms with E-state index in [1.165, 1.54) is 17.3 Å². The Kier molecular flexibility index (Phi) is 7.26. The van der Waals surface area contributed by atoms with Crippen LogP contribution in [0.3, 0.4) is 0 Å². The van der Waals surface area contributed by atoms with Crippen LogP contribution >= 0.6 is 11.8 Å². The Morgan fingerprint density at radius 3 is 2.50 bits per heavy atom. The van der Waals surface area contributed by atoms with Crippen molar-refractivity contribution in [2.45, 2.75) is 51.2 Å². The van der Waals surface area contributed by atoms with E-state index >= 15 is 0 Å². The van der Waals surface area contributed by atoms with E-state index in [0.717, 1.165) is 12.1 Å². The molecule has 140 valence electrons. The first-order chi connectivity index (χ1) is 12.4. The molecule has 1 aromatic heterocycles. The lowest BCUT2D eigenvalue weighted by atomic mass is 10.0. The highest BCUT2D eigenvalue weighted by Gasteiger charge is 2.13. The molecule has 0 saturated heterocycles. The Labute approximate surface area is 158 Å². The van der Waals surface area contributed by atoms with Crippen molar-refractivity contribution >= 4 is 23.7 Å². The molecule has 1 aromatic carbocycles. The number of hydrogen-bond donors (Lipinski definition) is 2. The van der Waals surface area contributed by atoms with Crippen molar-refractivity contribution in [3.05, 3.63) is 42.2 Å². The van der Waals surface area contributed by atoms with Crippen molar-refractivity contribution in [1.82, 2.24) is 20.2 Å². The van der Waals surface area contributed by atoms with Crippen LogP contribution in [0.25, 0.3) is 5.69 Å². The second-order valence-corrected chi connectivity index (χ2v) is 7.39. The third-order valence-corrected chi connectivity index (χ3v) is 4.99. The minimum absolute atomic E-state index is 0.0307. The average molecular weight is 375 g/mol. The molecule has 0 saturated carbocycles. The largest absolute Gasteiger partial charge is 0.335 e. The van der Waals surface area contributed by atoms with Gasteiger partial charge in [-0.25, -0.2) is 9.78 Å². The van der Waals surface area contributed by atoms with E-state index in [-0.39, 0.29) is 17.7 Å². The summed E-state index contributed by atoms with van der Waals surface area (Å²) in [6, 6.07) is 7.85. The monoisotopic (exact) mass is 374 g/mol. The van der Waals surface area contributed by atoms with Crippen LogP contribution in [0.2, 0.25) is 0 Å². The van der Waals surface area contributed by atoms with Crippen LogP contribution in [0.5, 0.6) is 0 Å². The highest BCUT2D eigenvalue weighted by Crippen LogP contribution is 2.22. The molecule has 26 heavy (non-hydrogen) atoms. The second kappa shape index (κ2) is 9.43. The zero-order valence-electron chi connectivity index (χ0n) is 15.7. The molecule has 1 heterocycles. The molecule has 7 heteroatoms. The van der Waals surface area contributed by atoms with E-state index in [0.29, 0.717) is 11.1 Å². The minimum Gasteiger partial charge on any atom is -0.335 e. The molecule has 1 atom stereocenters. The highest BCUT2D eigenvalue weighted by atomic mass is 32.2. The number of urea groups is 1. The van der Waals surface area contributed by atoms with E-state index < -0.39 is 6.03 Å². The molecule has 0 aliphatic carbocycles. The number of hydrogen-bond acceptors (Lipinski definition) is 4. The lowest BCUT2D eigenvalue weighted by Crippen LogP contribution is -2.43. The zero-order valence-corrected chi connectivity index (χ0v) is 16.5. The third-order valence-electron chi connectivity index (χ3n) is 4.02. The zero-order chi connectivity index (χ0) is 19.1. The first-order valence-electron chi connectivity index (χ1n) is 8.77. The van der Waals surface area contributed by atoms with Crippen LogP contribution in [-0.4, -0.2) is 33.3 Å². The summed E-state index contributed by atoms with van der Waals surface area (Å²) in [4.78, 5) is 28.0. The summed E-state index contributed by atoms with van der Waals surface area (Å²) in [7, 11) is 0. The molecule has 0 aliphatic rings. The number of thioether (sulfide) groups is 1. The van der Waals surface area contributed by atoms with Crippen molar-refractivity contribution in [3.8, 4) is 5.69 Å². The number of benzene rings is 1. The van der Waals surface area contributed by atoms with Gasteiger partial charge in [-0.15, -0.1) is 0 Å². The molecular formula is C19H26N4O2S. The number of rotatable bonds is 7. The Bertz CT molecular complexity index is 740. The Morgan fingerprint density at radius 2 is 1.88 bits per heavy atom. The predicted molar refractivity (Wildman–Crippen MR) is 105 cm³/mol. The van der Waals surface area contributed by atoms with Crippen LogP contribution in [0.15, 0.2) is 41.8 Å². The standard InChI is InChI=1S/C19H26N4O2S/c1-5-14(4)21-18(25)22-17(24)12-26-19-20-10-11-23(19)16-8-6-15(7-9-16)13(2)3/h6-11,13-14H,5,12H2,1-4H3,(H2,21,22,24,25)/t14-/m0/s1. The highest BCUT2D eigenvalue weighted by molar-refractivity contribution is 7.99. The molecule has 0 fully saturated rings. The van der Waals surface area contributed by atoms with Gasteiger partial charge in [0.1, 0.15) is 0 Å². The van der Waals surface area contributed by atoms with Gasteiger partial charge < -0.3 is 5.32 Å². The van der Waals surface area contributed by atoms with Gasteiger partial charge in [-0.3, -0.25) is 14.7 Å². The average Bonchev–Trinajstić information content (AvgIpc) is 3.08. The third kappa shape index (κ3) is 5.62. The summed E-state index contributed by atoms with van der Waals surface area (Å²) in [5.41, 5.74) is 2.26. The molecule has 0 unspecified atom stereocenters. The van der Waals surface area contributed by atoms with Gasteiger partial charge in [0.05, 0.1) is 5.75 Å². The maximum atomic E-state index is 12.0. The molecule has 0 aliphatic heterocycles. The Balaban J connectivity index is 1.94. The normalized spacial score (nSPS) is 12.0. The summed E-state index contributed by atoms with van der Waals surface area (Å²) in [5, 5.41) is 5.75. The van der Waals surface area contributed by atoms with E-state index in [9.17, 15) is 9.59 Å². The lowest BCUT2D eigenvalue weighted by Gasteiger charge is -2.12. The Hall–Kier alpha value is -2.28. The number of nitrogens with one attached hydrogen (secondary N) is 2. The van der Waals surface area contributed by atoms with E-state index in [1.54, 1.807) is 6.20 Å². The maximum absolute atomic E-state index is 12.0. The van der Waals surface area contributed by atoms with Crippen LogP contribution in [0, 0.1) is 0 Å². The maximum Gasteiger partial charge on any atom is 0.321 e.